The number of imidazole rings is 1. The van der Waals surface area contributed by atoms with Crippen LogP contribution < -0.4 is 5.32 Å². The van der Waals surface area contributed by atoms with Gasteiger partial charge >= 0.3 is 0 Å². The van der Waals surface area contributed by atoms with Crippen molar-refractivity contribution < 1.29 is 4.74 Å². The van der Waals surface area contributed by atoms with Crippen LogP contribution in [0.5, 0.6) is 0 Å². The number of aromatic nitrogens is 2. The molecule has 96 valence electrons. The van der Waals surface area contributed by atoms with Crippen molar-refractivity contribution in [2.75, 3.05) is 13.2 Å². The monoisotopic (exact) mass is 237 g/mol. The molecule has 2 atom stereocenters. The van der Waals surface area contributed by atoms with Crippen LogP contribution in [0.1, 0.15) is 27.2 Å². The molecule has 2 rings (SSSR count). The molecule has 0 aromatic carbocycles. The second-order valence-corrected chi connectivity index (χ2v) is 5.91. The average Bonchev–Trinajstić information content (AvgIpc) is 2.87. The standard InChI is InChI=1S/C13H23N3O/c1-13(2,3)12(8-16-6-5-14-10-16)15-11-4-7-17-9-11/h5-6,10-12,15H,4,7-9H2,1-3H3. The van der Waals surface area contributed by atoms with Crippen molar-refractivity contribution >= 4 is 0 Å². The zero-order chi connectivity index (χ0) is 12.3. The van der Waals surface area contributed by atoms with Gasteiger partial charge in [0.25, 0.3) is 0 Å². The van der Waals surface area contributed by atoms with Crippen LogP contribution >= 0.6 is 0 Å². The maximum atomic E-state index is 5.42. The number of nitrogens with zero attached hydrogens (tertiary/aromatic N) is 2. The third-order valence-electron chi connectivity index (χ3n) is 3.36. The molecule has 2 unspecified atom stereocenters. The lowest BCUT2D eigenvalue weighted by molar-refractivity contribution is 0.173. The smallest absolute Gasteiger partial charge is 0.0946 e. The van der Waals surface area contributed by atoms with Crippen molar-refractivity contribution in [1.82, 2.24) is 14.9 Å². The van der Waals surface area contributed by atoms with E-state index in [9.17, 15) is 0 Å². The summed E-state index contributed by atoms with van der Waals surface area (Å²) in [5.74, 6) is 0. The van der Waals surface area contributed by atoms with Crippen LogP contribution in [-0.2, 0) is 11.3 Å². The normalized spacial score (nSPS) is 22.9. The fraction of sp³-hybridized carbons (Fsp3) is 0.769. The third-order valence-corrected chi connectivity index (χ3v) is 3.36. The van der Waals surface area contributed by atoms with Crippen LogP contribution in [0.25, 0.3) is 0 Å². The summed E-state index contributed by atoms with van der Waals surface area (Å²) >= 11 is 0. The van der Waals surface area contributed by atoms with Crippen LogP contribution in [0.2, 0.25) is 0 Å². The van der Waals surface area contributed by atoms with Gasteiger partial charge < -0.3 is 14.6 Å². The molecule has 0 bridgehead atoms. The van der Waals surface area contributed by atoms with Gasteiger partial charge in [0.15, 0.2) is 0 Å². The summed E-state index contributed by atoms with van der Waals surface area (Å²) in [5.41, 5.74) is 0.229. The molecule has 0 spiro atoms. The van der Waals surface area contributed by atoms with E-state index in [4.69, 9.17) is 4.74 Å². The lowest BCUT2D eigenvalue weighted by Crippen LogP contribution is -2.48. The highest BCUT2D eigenvalue weighted by Gasteiger charge is 2.28. The summed E-state index contributed by atoms with van der Waals surface area (Å²) in [4.78, 5) is 4.10. The van der Waals surface area contributed by atoms with E-state index < -0.39 is 0 Å². The molecule has 1 aliphatic rings. The van der Waals surface area contributed by atoms with Crippen LogP contribution in [-0.4, -0.2) is 34.8 Å². The number of hydrogen-bond donors (Lipinski definition) is 1. The van der Waals surface area contributed by atoms with E-state index in [1.54, 1.807) is 0 Å². The van der Waals surface area contributed by atoms with Crippen LogP contribution in [0.4, 0.5) is 0 Å². The Labute approximate surface area is 103 Å². The SMILES string of the molecule is CC(C)(C)C(Cn1ccnc1)NC1CCOC1. The minimum Gasteiger partial charge on any atom is -0.380 e. The predicted octanol–water partition coefficient (Wildman–Crippen LogP) is 1.68. The Balaban J connectivity index is 1.97. The summed E-state index contributed by atoms with van der Waals surface area (Å²) in [5, 5.41) is 3.72. The van der Waals surface area contributed by atoms with Crippen molar-refractivity contribution in [3.05, 3.63) is 18.7 Å². The van der Waals surface area contributed by atoms with Crippen molar-refractivity contribution in [1.29, 1.82) is 0 Å². The minimum atomic E-state index is 0.229. The molecule has 0 saturated carbocycles. The molecule has 1 N–H and O–H groups in total. The van der Waals surface area contributed by atoms with Crippen LogP contribution in [0.15, 0.2) is 18.7 Å². The van der Waals surface area contributed by atoms with Gasteiger partial charge in [-0.25, -0.2) is 4.98 Å². The van der Waals surface area contributed by atoms with Crippen molar-refractivity contribution in [3.8, 4) is 0 Å². The zero-order valence-corrected chi connectivity index (χ0v) is 11.0. The Morgan fingerprint density at radius 1 is 1.53 bits per heavy atom. The Bertz CT molecular complexity index is 323. The molecule has 1 aliphatic heterocycles. The Kier molecular flexibility index (Phi) is 3.84. The average molecular weight is 237 g/mol. The first-order valence-corrected chi connectivity index (χ1v) is 6.35. The molecular formula is C13H23N3O. The molecule has 0 amide bonds. The molecule has 4 nitrogen and oxygen atoms in total. The minimum absolute atomic E-state index is 0.229. The molecule has 0 aliphatic carbocycles. The van der Waals surface area contributed by atoms with Gasteiger partial charge in [-0.2, -0.15) is 0 Å². The molecule has 1 aromatic rings. The second-order valence-electron chi connectivity index (χ2n) is 5.91. The Morgan fingerprint density at radius 3 is 2.88 bits per heavy atom. The van der Waals surface area contributed by atoms with E-state index in [0.29, 0.717) is 12.1 Å². The number of ether oxygens (including phenoxy) is 1. The molecule has 1 aromatic heterocycles. The van der Waals surface area contributed by atoms with Gasteiger partial charge in [0.2, 0.25) is 0 Å². The Morgan fingerprint density at radius 2 is 2.35 bits per heavy atom. The van der Waals surface area contributed by atoms with Gasteiger partial charge in [-0.3, -0.25) is 0 Å². The van der Waals surface area contributed by atoms with Crippen molar-refractivity contribution in [2.45, 2.75) is 45.8 Å². The fourth-order valence-corrected chi connectivity index (χ4v) is 2.13. The quantitative estimate of drug-likeness (QED) is 0.866. The van der Waals surface area contributed by atoms with E-state index in [1.807, 2.05) is 18.7 Å². The Hall–Kier alpha value is -0.870. The molecule has 0 radical (unpaired) electrons. The maximum absolute atomic E-state index is 5.42. The highest BCUT2D eigenvalue weighted by atomic mass is 16.5. The highest BCUT2D eigenvalue weighted by molar-refractivity contribution is 4.87. The van der Waals surface area contributed by atoms with E-state index in [2.05, 4.69) is 35.6 Å². The van der Waals surface area contributed by atoms with E-state index in [0.717, 1.165) is 26.2 Å². The fourth-order valence-electron chi connectivity index (χ4n) is 2.13. The van der Waals surface area contributed by atoms with Gasteiger partial charge in [0, 0.05) is 37.6 Å². The number of hydrogen-bond acceptors (Lipinski definition) is 3. The molecule has 2 heterocycles. The first-order valence-electron chi connectivity index (χ1n) is 6.35. The zero-order valence-electron chi connectivity index (χ0n) is 11.0. The van der Waals surface area contributed by atoms with Gasteiger partial charge in [-0.05, 0) is 11.8 Å². The predicted molar refractivity (Wildman–Crippen MR) is 67.8 cm³/mol. The molecule has 1 saturated heterocycles. The maximum Gasteiger partial charge on any atom is 0.0946 e. The molecule has 1 fully saturated rings. The summed E-state index contributed by atoms with van der Waals surface area (Å²) in [6.45, 7) is 9.52. The summed E-state index contributed by atoms with van der Waals surface area (Å²) in [7, 11) is 0. The molecule has 4 heteroatoms. The van der Waals surface area contributed by atoms with Crippen molar-refractivity contribution in [3.63, 3.8) is 0 Å². The van der Waals surface area contributed by atoms with Crippen LogP contribution in [0, 0.1) is 5.41 Å². The summed E-state index contributed by atoms with van der Waals surface area (Å²) in [6.07, 6.45) is 6.85. The first kappa shape index (κ1) is 12.6. The molecular weight excluding hydrogens is 214 g/mol. The topological polar surface area (TPSA) is 39.1 Å². The highest BCUT2D eigenvalue weighted by Crippen LogP contribution is 2.22. The van der Waals surface area contributed by atoms with E-state index in [1.165, 1.54) is 0 Å². The second kappa shape index (κ2) is 5.19. The van der Waals surface area contributed by atoms with E-state index in [-0.39, 0.29) is 5.41 Å². The largest absolute Gasteiger partial charge is 0.380 e. The first-order chi connectivity index (χ1) is 8.05. The number of nitrogens with one attached hydrogen (secondary N) is 1. The lowest BCUT2D eigenvalue weighted by atomic mass is 9.86. The van der Waals surface area contributed by atoms with Crippen LogP contribution in [0.3, 0.4) is 0 Å². The number of rotatable bonds is 4. The third kappa shape index (κ3) is 3.54. The van der Waals surface area contributed by atoms with Gasteiger partial charge in [0.1, 0.15) is 0 Å². The summed E-state index contributed by atoms with van der Waals surface area (Å²) < 4.78 is 7.56. The van der Waals surface area contributed by atoms with Crippen molar-refractivity contribution in [2.24, 2.45) is 5.41 Å². The lowest BCUT2D eigenvalue weighted by Gasteiger charge is -2.34. The summed E-state index contributed by atoms with van der Waals surface area (Å²) in [6, 6.07) is 0.936. The van der Waals surface area contributed by atoms with Gasteiger partial charge in [0.05, 0.1) is 12.9 Å². The van der Waals surface area contributed by atoms with Gasteiger partial charge in [-0.1, -0.05) is 20.8 Å². The van der Waals surface area contributed by atoms with E-state index >= 15 is 0 Å². The van der Waals surface area contributed by atoms with Gasteiger partial charge in [-0.15, -0.1) is 0 Å². The molecule has 17 heavy (non-hydrogen) atoms.